The summed E-state index contributed by atoms with van der Waals surface area (Å²) in [6.45, 7) is 7.17. The standard InChI is InChI=1S/C24H26OSi/c1-4-17-12-13-20-19-9-6-5-8-18(19)16-22(20)24(17)21-10-7-11-23(21)26(2,3)15-14-25/h4-9,11-13,16,25H,10,14-15H2,1-3H3. The van der Waals surface area contributed by atoms with E-state index >= 15 is 0 Å². The summed E-state index contributed by atoms with van der Waals surface area (Å²) in [5.41, 5.74) is 4.25. The van der Waals surface area contributed by atoms with Crippen LogP contribution in [0, 0.1) is 10.4 Å². The number of aliphatic hydroxyl groups excluding tert-OH is 1. The van der Waals surface area contributed by atoms with Gasteiger partial charge in [-0.25, -0.2) is 0 Å². The first-order valence-electron chi connectivity index (χ1n) is 9.49. The van der Waals surface area contributed by atoms with Crippen LogP contribution < -0.4 is 10.4 Å². The molecule has 2 aromatic rings. The first-order chi connectivity index (χ1) is 12.6. The van der Waals surface area contributed by atoms with Gasteiger partial charge in [-0.15, -0.1) is 0 Å². The van der Waals surface area contributed by atoms with Gasteiger partial charge in [0.15, 0.2) is 0 Å². The fraction of sp³-hybridized carbons (Fsp3) is 0.250. The van der Waals surface area contributed by atoms with E-state index in [1.807, 2.05) is 0 Å². The quantitative estimate of drug-likeness (QED) is 0.702. The molecule has 1 N–H and O–H groups in total. The van der Waals surface area contributed by atoms with Crippen LogP contribution >= 0.6 is 0 Å². The second-order valence-corrected chi connectivity index (χ2v) is 12.7. The molecule has 2 aliphatic rings. The molecule has 4 rings (SSSR count). The van der Waals surface area contributed by atoms with Crippen LogP contribution in [0.4, 0.5) is 0 Å². The molecular formula is C24H26OSi. The van der Waals surface area contributed by atoms with Gasteiger partial charge in [-0.2, -0.15) is 0 Å². The normalized spacial score (nSPS) is 16.1. The molecule has 0 radical (unpaired) electrons. The minimum absolute atomic E-state index is 0.279. The molecule has 0 fully saturated rings. The van der Waals surface area contributed by atoms with E-state index in [4.69, 9.17) is 0 Å². The third-order valence-electron chi connectivity index (χ3n) is 5.84. The second-order valence-electron chi connectivity index (χ2n) is 7.87. The predicted molar refractivity (Wildman–Crippen MR) is 114 cm³/mol. The molecular weight excluding hydrogens is 332 g/mol. The first kappa shape index (κ1) is 17.3. The van der Waals surface area contributed by atoms with E-state index in [0.717, 1.165) is 12.5 Å². The molecule has 0 amide bonds. The lowest BCUT2D eigenvalue weighted by Gasteiger charge is -2.25. The van der Waals surface area contributed by atoms with Crippen molar-refractivity contribution in [2.75, 3.05) is 6.61 Å². The van der Waals surface area contributed by atoms with Gasteiger partial charge in [-0.05, 0) is 63.0 Å². The van der Waals surface area contributed by atoms with Crippen LogP contribution in [-0.2, 0) is 0 Å². The number of hydrogen-bond donors (Lipinski definition) is 1. The van der Waals surface area contributed by atoms with Gasteiger partial charge < -0.3 is 5.11 Å². The molecule has 2 heteroatoms. The van der Waals surface area contributed by atoms with Crippen molar-refractivity contribution in [3.63, 3.8) is 0 Å². The largest absolute Gasteiger partial charge is 0.397 e. The zero-order valence-electron chi connectivity index (χ0n) is 15.8. The van der Waals surface area contributed by atoms with Crippen molar-refractivity contribution in [1.82, 2.24) is 0 Å². The number of benzene rings is 2. The van der Waals surface area contributed by atoms with Gasteiger partial charge in [0.25, 0.3) is 0 Å². The summed E-state index contributed by atoms with van der Waals surface area (Å²) in [6, 6.07) is 14.1. The summed E-state index contributed by atoms with van der Waals surface area (Å²) in [7, 11) is -1.65. The number of aliphatic hydroxyl groups is 1. The Hall–Kier alpha value is -2.16. The summed E-state index contributed by atoms with van der Waals surface area (Å²) in [6.07, 6.45) is 10.2. The zero-order chi connectivity index (χ0) is 18.3. The van der Waals surface area contributed by atoms with E-state index < -0.39 is 8.07 Å². The first-order valence-corrected chi connectivity index (χ1v) is 12.7. The summed E-state index contributed by atoms with van der Waals surface area (Å²) in [4.78, 5) is 0. The van der Waals surface area contributed by atoms with E-state index in [0.29, 0.717) is 0 Å². The highest BCUT2D eigenvalue weighted by Crippen LogP contribution is 2.36. The average molecular weight is 359 g/mol. The van der Waals surface area contributed by atoms with E-state index in [-0.39, 0.29) is 6.61 Å². The lowest BCUT2D eigenvalue weighted by atomic mass is 9.95. The highest BCUT2D eigenvalue weighted by Gasteiger charge is 2.30. The van der Waals surface area contributed by atoms with Crippen molar-refractivity contribution in [3.05, 3.63) is 85.7 Å². The number of hydrogen-bond acceptors (Lipinski definition) is 1. The van der Waals surface area contributed by atoms with Gasteiger partial charge in [0, 0.05) is 6.61 Å². The van der Waals surface area contributed by atoms with Crippen LogP contribution in [-0.4, -0.2) is 19.8 Å². The molecule has 0 spiro atoms. The molecule has 26 heavy (non-hydrogen) atoms. The lowest BCUT2D eigenvalue weighted by Crippen LogP contribution is -2.30. The topological polar surface area (TPSA) is 20.2 Å². The molecule has 2 aliphatic carbocycles. The van der Waals surface area contributed by atoms with Gasteiger partial charge in [-0.3, -0.25) is 0 Å². The third-order valence-corrected chi connectivity index (χ3v) is 9.24. The maximum absolute atomic E-state index is 9.57. The second kappa shape index (κ2) is 6.53. The Morgan fingerprint density at radius 1 is 1.08 bits per heavy atom. The van der Waals surface area contributed by atoms with Gasteiger partial charge in [0.2, 0.25) is 0 Å². The predicted octanol–water partition coefficient (Wildman–Crippen LogP) is 3.87. The Morgan fingerprint density at radius 2 is 1.88 bits per heavy atom. The van der Waals surface area contributed by atoms with Crippen LogP contribution in [0.1, 0.15) is 24.5 Å². The number of allylic oxidation sites excluding steroid dienone is 4. The maximum Gasteiger partial charge on any atom is 0.0832 e. The van der Waals surface area contributed by atoms with Crippen molar-refractivity contribution in [1.29, 1.82) is 0 Å². The monoisotopic (exact) mass is 358 g/mol. The summed E-state index contributed by atoms with van der Waals surface area (Å²) < 4.78 is 0. The molecule has 0 unspecified atom stereocenters. The molecule has 0 saturated carbocycles. The summed E-state index contributed by atoms with van der Waals surface area (Å²) in [5, 5.41) is 16.4. The Morgan fingerprint density at radius 3 is 2.65 bits per heavy atom. The molecule has 132 valence electrons. The average Bonchev–Trinajstić information content (AvgIpc) is 3.25. The molecule has 0 aliphatic heterocycles. The third kappa shape index (κ3) is 2.65. The van der Waals surface area contributed by atoms with E-state index in [9.17, 15) is 5.11 Å². The summed E-state index contributed by atoms with van der Waals surface area (Å²) >= 11 is 0. The van der Waals surface area contributed by atoms with E-state index in [1.165, 1.54) is 42.8 Å². The Bertz CT molecular complexity index is 1150. The molecule has 1 nitrogen and oxygen atoms in total. The van der Waals surface area contributed by atoms with E-state index in [2.05, 4.69) is 80.7 Å². The van der Waals surface area contributed by atoms with Gasteiger partial charge in [-0.1, -0.05) is 72.9 Å². The molecule has 0 bridgehead atoms. The van der Waals surface area contributed by atoms with Crippen molar-refractivity contribution < 1.29 is 5.11 Å². The Balaban J connectivity index is 2.07. The number of fused-ring (bicyclic) bond motifs is 2. The van der Waals surface area contributed by atoms with Gasteiger partial charge >= 0.3 is 0 Å². The highest BCUT2D eigenvalue weighted by molar-refractivity contribution is 6.86. The maximum atomic E-state index is 9.57. The molecule has 0 heterocycles. The molecule has 0 aromatic heterocycles. The van der Waals surface area contributed by atoms with Crippen LogP contribution in [0.5, 0.6) is 0 Å². The fourth-order valence-electron chi connectivity index (χ4n) is 4.41. The van der Waals surface area contributed by atoms with Crippen molar-refractivity contribution >= 4 is 25.8 Å². The van der Waals surface area contributed by atoms with Crippen LogP contribution in [0.15, 0.2) is 53.7 Å². The SMILES string of the molecule is CC=c1ccc2c(c1C1=C([Si](C)(C)CCO)C=CC1)C=c1ccccc1=2. The Labute approximate surface area is 156 Å². The van der Waals surface area contributed by atoms with Crippen molar-refractivity contribution in [2.24, 2.45) is 0 Å². The molecule has 0 saturated heterocycles. The van der Waals surface area contributed by atoms with Crippen molar-refractivity contribution in [2.45, 2.75) is 32.5 Å². The fourth-order valence-corrected chi connectivity index (χ4v) is 6.85. The highest BCUT2D eigenvalue weighted by atomic mass is 28.3. The van der Waals surface area contributed by atoms with Crippen LogP contribution in [0.25, 0.3) is 17.7 Å². The smallest absolute Gasteiger partial charge is 0.0832 e. The molecule has 2 aromatic carbocycles. The van der Waals surface area contributed by atoms with Crippen molar-refractivity contribution in [3.8, 4) is 0 Å². The van der Waals surface area contributed by atoms with Crippen LogP contribution in [0.2, 0.25) is 19.1 Å². The number of rotatable bonds is 4. The van der Waals surface area contributed by atoms with E-state index in [1.54, 1.807) is 0 Å². The Kier molecular flexibility index (Phi) is 4.34. The summed E-state index contributed by atoms with van der Waals surface area (Å²) in [5.74, 6) is 0. The van der Waals surface area contributed by atoms with Gasteiger partial charge in [0.1, 0.15) is 0 Å². The zero-order valence-corrected chi connectivity index (χ0v) is 16.8. The molecule has 0 atom stereocenters. The van der Waals surface area contributed by atoms with Crippen LogP contribution in [0.3, 0.4) is 0 Å². The minimum Gasteiger partial charge on any atom is -0.397 e. The minimum atomic E-state index is -1.65. The lowest BCUT2D eigenvalue weighted by molar-refractivity contribution is 0.316. The van der Waals surface area contributed by atoms with Gasteiger partial charge in [0.05, 0.1) is 8.07 Å².